The van der Waals surface area contributed by atoms with Gasteiger partial charge in [0.2, 0.25) is 11.8 Å². The van der Waals surface area contributed by atoms with Crippen molar-refractivity contribution in [3.8, 4) is 0 Å². The number of anilines is 2. The number of amides is 3. The Hall–Kier alpha value is -3.22. The Morgan fingerprint density at radius 1 is 1.03 bits per heavy atom. The topological polar surface area (TPSA) is 82.6 Å². The Morgan fingerprint density at radius 3 is 2.62 bits per heavy atom. The molecule has 1 N–H and O–H groups in total. The second kappa shape index (κ2) is 7.43. The van der Waals surface area contributed by atoms with Crippen molar-refractivity contribution < 1.29 is 14.4 Å². The highest BCUT2D eigenvalue weighted by Gasteiger charge is 2.41. The quantitative estimate of drug-likeness (QED) is 0.812. The first kappa shape index (κ1) is 19.5. The number of piperidine rings is 1. The number of carbonyl (C=O) groups excluding carboxylic acids is 3. The maximum absolute atomic E-state index is 13.1. The SMILES string of the molecule is O=C1CCc2cc(C(=O)N3CCC(c4ccnc5c4CC(=O)N5C4CC4)CC3)ccc2N1. The van der Waals surface area contributed by atoms with Crippen molar-refractivity contribution in [2.75, 3.05) is 23.3 Å². The summed E-state index contributed by atoms with van der Waals surface area (Å²) in [4.78, 5) is 45.7. The maximum Gasteiger partial charge on any atom is 0.253 e. The zero-order valence-corrected chi connectivity index (χ0v) is 18.0. The third kappa shape index (κ3) is 3.27. The number of pyridine rings is 1. The van der Waals surface area contributed by atoms with Gasteiger partial charge in [0.15, 0.2) is 0 Å². The molecule has 3 aliphatic heterocycles. The second-order valence-electron chi connectivity index (χ2n) is 9.36. The highest BCUT2D eigenvalue weighted by molar-refractivity contribution is 6.01. The molecule has 2 aromatic rings. The average Bonchev–Trinajstić information content (AvgIpc) is 3.59. The molecule has 0 spiro atoms. The van der Waals surface area contributed by atoms with Crippen LogP contribution in [-0.4, -0.2) is 46.7 Å². The summed E-state index contributed by atoms with van der Waals surface area (Å²) in [6.07, 6.45) is 7.37. The van der Waals surface area contributed by atoms with Gasteiger partial charge in [-0.1, -0.05) is 0 Å². The number of rotatable bonds is 3. The van der Waals surface area contributed by atoms with Crippen LogP contribution in [0.3, 0.4) is 0 Å². The van der Waals surface area contributed by atoms with Gasteiger partial charge < -0.3 is 10.2 Å². The zero-order valence-electron chi connectivity index (χ0n) is 18.0. The predicted octanol–water partition coefficient (Wildman–Crippen LogP) is 3.04. The summed E-state index contributed by atoms with van der Waals surface area (Å²) < 4.78 is 0. The molecule has 7 nitrogen and oxygen atoms in total. The Balaban J connectivity index is 1.16. The first-order chi connectivity index (χ1) is 15.6. The molecule has 0 atom stereocenters. The molecular formula is C25H26N4O3. The Labute approximate surface area is 186 Å². The van der Waals surface area contributed by atoms with E-state index in [1.54, 1.807) is 0 Å². The van der Waals surface area contributed by atoms with Crippen LogP contribution in [0.2, 0.25) is 0 Å². The van der Waals surface area contributed by atoms with E-state index in [9.17, 15) is 14.4 Å². The minimum atomic E-state index is 0.0307. The Kier molecular flexibility index (Phi) is 4.52. The Bertz CT molecular complexity index is 1130. The van der Waals surface area contributed by atoms with E-state index in [1.807, 2.05) is 34.2 Å². The number of aryl methyl sites for hydroxylation is 1. The molecule has 4 aliphatic rings. The smallest absolute Gasteiger partial charge is 0.253 e. The van der Waals surface area contributed by atoms with E-state index < -0.39 is 0 Å². The number of benzene rings is 1. The number of fused-ring (bicyclic) bond motifs is 2. The maximum atomic E-state index is 13.1. The minimum absolute atomic E-state index is 0.0307. The molecule has 0 radical (unpaired) electrons. The fraction of sp³-hybridized carbons (Fsp3) is 0.440. The molecule has 164 valence electrons. The van der Waals surface area contributed by atoms with E-state index in [0.29, 0.717) is 49.9 Å². The van der Waals surface area contributed by atoms with Crippen LogP contribution in [0, 0.1) is 0 Å². The fourth-order valence-corrected chi connectivity index (χ4v) is 5.42. The number of carbonyl (C=O) groups is 3. The number of hydrogen-bond donors (Lipinski definition) is 1. The second-order valence-corrected chi connectivity index (χ2v) is 9.36. The van der Waals surface area contributed by atoms with Crippen LogP contribution in [0.25, 0.3) is 0 Å². The lowest BCUT2D eigenvalue weighted by Crippen LogP contribution is -2.38. The van der Waals surface area contributed by atoms with E-state index in [0.717, 1.165) is 48.3 Å². The van der Waals surface area contributed by atoms with Crippen LogP contribution in [0.1, 0.15) is 65.1 Å². The summed E-state index contributed by atoms with van der Waals surface area (Å²) in [5, 5.41) is 2.87. The summed E-state index contributed by atoms with van der Waals surface area (Å²) in [6.45, 7) is 1.41. The molecule has 0 bridgehead atoms. The van der Waals surface area contributed by atoms with E-state index in [-0.39, 0.29) is 17.7 Å². The van der Waals surface area contributed by atoms with Crippen LogP contribution >= 0.6 is 0 Å². The van der Waals surface area contributed by atoms with Crippen LogP contribution in [-0.2, 0) is 22.4 Å². The normalized spacial score (nSPS) is 20.8. The highest BCUT2D eigenvalue weighted by atomic mass is 16.2. The van der Waals surface area contributed by atoms with Crippen molar-refractivity contribution in [2.24, 2.45) is 0 Å². The van der Waals surface area contributed by atoms with Gasteiger partial charge in [-0.15, -0.1) is 0 Å². The summed E-state index contributed by atoms with van der Waals surface area (Å²) in [7, 11) is 0. The summed E-state index contributed by atoms with van der Waals surface area (Å²) in [6, 6.07) is 8.00. The van der Waals surface area contributed by atoms with Gasteiger partial charge in [0.25, 0.3) is 5.91 Å². The highest BCUT2D eigenvalue weighted by Crippen LogP contribution is 2.41. The van der Waals surface area contributed by atoms with Gasteiger partial charge in [0.05, 0.1) is 6.42 Å². The molecule has 1 aromatic heterocycles. The zero-order chi connectivity index (χ0) is 21.8. The fourth-order valence-electron chi connectivity index (χ4n) is 5.42. The van der Waals surface area contributed by atoms with Gasteiger partial charge in [-0.2, -0.15) is 0 Å². The third-order valence-electron chi connectivity index (χ3n) is 7.28. The summed E-state index contributed by atoms with van der Waals surface area (Å²) in [5.74, 6) is 1.48. The molecule has 6 rings (SSSR count). The van der Waals surface area contributed by atoms with Gasteiger partial charge in [-0.3, -0.25) is 19.3 Å². The number of nitrogens with zero attached hydrogens (tertiary/aromatic N) is 3. The predicted molar refractivity (Wildman–Crippen MR) is 120 cm³/mol. The summed E-state index contributed by atoms with van der Waals surface area (Å²) >= 11 is 0. The molecule has 3 amide bonds. The van der Waals surface area contributed by atoms with E-state index >= 15 is 0 Å². The lowest BCUT2D eigenvalue weighted by molar-refractivity contribution is -0.117. The molecular weight excluding hydrogens is 404 g/mol. The standard InChI is InChI=1S/C25H26N4O3/c30-22-6-2-16-13-17(1-5-21(16)27-22)25(32)28-11-8-15(9-12-28)19-7-10-26-24-20(19)14-23(31)29(24)18-3-4-18/h1,5,7,10,13,15,18H,2-4,6,8-9,11-12,14H2,(H,27,30). The van der Waals surface area contributed by atoms with Crippen molar-refractivity contribution in [3.05, 3.63) is 52.7 Å². The molecule has 2 fully saturated rings. The van der Waals surface area contributed by atoms with Gasteiger partial charge in [-0.05, 0) is 73.4 Å². The molecule has 1 aliphatic carbocycles. The van der Waals surface area contributed by atoms with E-state index in [4.69, 9.17) is 0 Å². The van der Waals surface area contributed by atoms with Crippen LogP contribution in [0.15, 0.2) is 30.5 Å². The number of hydrogen-bond acceptors (Lipinski definition) is 4. The van der Waals surface area contributed by atoms with Gasteiger partial charge >= 0.3 is 0 Å². The lowest BCUT2D eigenvalue weighted by Gasteiger charge is -2.33. The van der Waals surface area contributed by atoms with Gasteiger partial charge in [-0.25, -0.2) is 4.98 Å². The van der Waals surface area contributed by atoms with E-state index in [2.05, 4.69) is 16.4 Å². The minimum Gasteiger partial charge on any atom is -0.339 e. The molecule has 1 aromatic carbocycles. The average molecular weight is 431 g/mol. The molecule has 4 heterocycles. The number of aromatic nitrogens is 1. The van der Waals surface area contributed by atoms with Crippen LogP contribution < -0.4 is 10.2 Å². The van der Waals surface area contributed by atoms with Crippen molar-refractivity contribution in [3.63, 3.8) is 0 Å². The monoisotopic (exact) mass is 430 g/mol. The largest absolute Gasteiger partial charge is 0.339 e. The molecule has 0 unspecified atom stereocenters. The molecule has 1 saturated carbocycles. The lowest BCUT2D eigenvalue weighted by atomic mass is 9.86. The van der Waals surface area contributed by atoms with Crippen molar-refractivity contribution >= 4 is 29.2 Å². The molecule has 32 heavy (non-hydrogen) atoms. The number of likely N-dealkylation sites (tertiary alicyclic amines) is 1. The first-order valence-corrected chi connectivity index (χ1v) is 11.6. The summed E-state index contributed by atoms with van der Waals surface area (Å²) in [5.41, 5.74) is 4.88. The Morgan fingerprint density at radius 2 is 1.84 bits per heavy atom. The van der Waals surface area contributed by atoms with Gasteiger partial charge in [0, 0.05) is 48.6 Å². The third-order valence-corrected chi connectivity index (χ3v) is 7.28. The number of nitrogens with one attached hydrogen (secondary N) is 1. The van der Waals surface area contributed by atoms with Gasteiger partial charge in [0.1, 0.15) is 5.82 Å². The van der Waals surface area contributed by atoms with Crippen LogP contribution in [0.5, 0.6) is 0 Å². The first-order valence-electron chi connectivity index (χ1n) is 11.6. The van der Waals surface area contributed by atoms with E-state index in [1.165, 1.54) is 5.56 Å². The van der Waals surface area contributed by atoms with Crippen LogP contribution in [0.4, 0.5) is 11.5 Å². The van der Waals surface area contributed by atoms with Crippen molar-refractivity contribution in [1.29, 1.82) is 0 Å². The van der Waals surface area contributed by atoms with Crippen molar-refractivity contribution in [1.82, 2.24) is 9.88 Å². The molecule has 1 saturated heterocycles. The molecule has 7 heteroatoms. The van der Waals surface area contributed by atoms with Crippen molar-refractivity contribution in [2.45, 2.75) is 56.9 Å².